The minimum atomic E-state index is -3.88. The van der Waals surface area contributed by atoms with Crippen LogP contribution in [0.25, 0.3) is 11.0 Å². The van der Waals surface area contributed by atoms with E-state index in [1.54, 1.807) is 32.2 Å². The van der Waals surface area contributed by atoms with Gasteiger partial charge in [-0.2, -0.15) is 0 Å². The molecule has 3 aliphatic carbocycles. The highest BCUT2D eigenvalue weighted by Crippen LogP contribution is 2.46. The average molecular weight is 752 g/mol. The minimum absolute atomic E-state index is 0.0287. The first-order valence-corrected chi connectivity index (χ1v) is 20.5. The molecule has 0 spiro atoms. The molecule has 5 atom stereocenters. The number of hydrogen-bond donors (Lipinski definition) is 2. The van der Waals surface area contributed by atoms with Gasteiger partial charge in [-0.25, -0.2) is 18.4 Å². The fourth-order valence-electron chi connectivity index (χ4n) is 7.92. The molecule has 0 unspecified atom stereocenters. The number of nitrogens with one attached hydrogen (secondary N) is 2. The quantitative estimate of drug-likeness (QED) is 0.281. The van der Waals surface area contributed by atoms with E-state index in [4.69, 9.17) is 14.2 Å². The molecule has 2 aromatic rings. The van der Waals surface area contributed by atoms with E-state index in [1.165, 1.54) is 4.90 Å². The van der Waals surface area contributed by atoms with Crippen LogP contribution < -0.4 is 19.5 Å². The molecule has 4 fully saturated rings. The second kappa shape index (κ2) is 15.2. The Hall–Kier alpha value is -4.27. The van der Waals surface area contributed by atoms with Crippen LogP contribution in [0, 0.1) is 18.8 Å². The molecule has 14 nitrogen and oxygen atoms in total. The summed E-state index contributed by atoms with van der Waals surface area (Å²) in [6.07, 6.45) is 11.4. The predicted octanol–water partition coefficient (Wildman–Crippen LogP) is 3.79. The monoisotopic (exact) mass is 751 g/mol. The van der Waals surface area contributed by atoms with E-state index >= 15 is 0 Å². The van der Waals surface area contributed by atoms with Crippen molar-refractivity contribution in [1.29, 1.82) is 0 Å². The lowest BCUT2D eigenvalue weighted by Crippen LogP contribution is -2.57. The van der Waals surface area contributed by atoms with Gasteiger partial charge < -0.3 is 24.4 Å². The number of sulfonamides is 1. The first-order chi connectivity index (χ1) is 25.5. The second-order valence-electron chi connectivity index (χ2n) is 15.3. The van der Waals surface area contributed by atoms with Crippen molar-refractivity contribution < 1.29 is 41.8 Å². The third-order valence-electron chi connectivity index (χ3n) is 11.2. The van der Waals surface area contributed by atoms with Crippen LogP contribution in [0.4, 0.5) is 0 Å². The van der Waals surface area contributed by atoms with Gasteiger partial charge in [-0.15, -0.1) is 0 Å². The van der Waals surface area contributed by atoms with Gasteiger partial charge in [-0.3, -0.25) is 23.9 Å². The lowest BCUT2D eigenvalue weighted by atomic mass is 9.95. The molecule has 1 aromatic heterocycles. The summed E-state index contributed by atoms with van der Waals surface area (Å²) in [4.78, 5) is 66.6. The Kier molecular flexibility index (Phi) is 10.6. The number of ether oxygens (including phenoxy) is 3. The number of fused-ring (bicyclic) bond motifs is 3. The van der Waals surface area contributed by atoms with E-state index < -0.39 is 62.6 Å². The molecule has 3 heterocycles. The van der Waals surface area contributed by atoms with Crippen LogP contribution >= 0.6 is 0 Å². The summed E-state index contributed by atoms with van der Waals surface area (Å²) in [7, 11) is -2.32. The van der Waals surface area contributed by atoms with E-state index in [9.17, 15) is 27.6 Å². The van der Waals surface area contributed by atoms with Crippen molar-refractivity contribution in [3.8, 4) is 11.6 Å². The number of nitrogens with zero attached hydrogens (tertiary/aromatic N) is 3. The topological polar surface area (TPSA) is 183 Å². The first kappa shape index (κ1) is 37.1. The average Bonchev–Trinajstić information content (AvgIpc) is 4.00. The van der Waals surface area contributed by atoms with Crippen molar-refractivity contribution in [2.75, 3.05) is 13.7 Å². The maximum atomic E-state index is 14.5. The molecule has 3 amide bonds. The lowest BCUT2D eigenvalue weighted by Gasteiger charge is -2.29. The Morgan fingerprint density at radius 3 is 2.53 bits per heavy atom. The van der Waals surface area contributed by atoms with E-state index in [-0.39, 0.29) is 43.7 Å². The maximum Gasteiger partial charge on any atom is 0.306 e. The number of aryl methyl sites for hydroxylation is 1. The molecule has 53 heavy (non-hydrogen) atoms. The van der Waals surface area contributed by atoms with Crippen LogP contribution in [0.3, 0.4) is 0 Å². The third kappa shape index (κ3) is 8.29. The van der Waals surface area contributed by atoms with Crippen LogP contribution in [0.15, 0.2) is 30.4 Å². The van der Waals surface area contributed by atoms with E-state index in [0.717, 1.165) is 44.9 Å². The second-order valence-corrected chi connectivity index (χ2v) is 17.2. The number of carbonyl (C=O) groups excluding carboxylic acids is 4. The lowest BCUT2D eigenvalue weighted by molar-refractivity contribution is -0.154. The van der Waals surface area contributed by atoms with Crippen molar-refractivity contribution in [2.24, 2.45) is 11.8 Å². The van der Waals surface area contributed by atoms with Gasteiger partial charge >= 0.3 is 5.97 Å². The molecule has 1 aromatic carbocycles. The zero-order valence-corrected chi connectivity index (χ0v) is 31.2. The van der Waals surface area contributed by atoms with Gasteiger partial charge in [0.25, 0.3) is 5.91 Å². The van der Waals surface area contributed by atoms with Gasteiger partial charge in [0.1, 0.15) is 35.2 Å². The van der Waals surface area contributed by atoms with Crippen LogP contribution in [-0.4, -0.2) is 89.7 Å². The molecule has 7 rings (SSSR count). The Labute approximate surface area is 309 Å². The highest BCUT2D eigenvalue weighted by Gasteiger charge is 2.62. The summed E-state index contributed by atoms with van der Waals surface area (Å²) in [5, 5.41) is 2.28. The number of hydrogen-bond acceptors (Lipinski definition) is 11. The van der Waals surface area contributed by atoms with Crippen molar-refractivity contribution in [2.45, 2.75) is 126 Å². The molecule has 286 valence electrons. The summed E-state index contributed by atoms with van der Waals surface area (Å²) < 4.78 is 45.4. The number of methoxy groups -OCH3 is 1. The van der Waals surface area contributed by atoms with Crippen LogP contribution in [0.2, 0.25) is 0 Å². The van der Waals surface area contributed by atoms with Crippen LogP contribution in [0.5, 0.6) is 11.6 Å². The molecule has 2 aliphatic heterocycles. The summed E-state index contributed by atoms with van der Waals surface area (Å²) in [6, 6.07) is 4.27. The highest BCUT2D eigenvalue weighted by molar-refractivity contribution is 7.91. The molecule has 3 saturated carbocycles. The molecule has 5 aliphatic rings. The smallest absolute Gasteiger partial charge is 0.306 e. The molecular weight excluding hydrogens is 703 g/mol. The van der Waals surface area contributed by atoms with Gasteiger partial charge in [-0.1, -0.05) is 25.0 Å². The summed E-state index contributed by atoms with van der Waals surface area (Å²) in [6.45, 7) is 1.80. The van der Waals surface area contributed by atoms with Gasteiger partial charge in [-0.05, 0) is 83.3 Å². The highest BCUT2D eigenvalue weighted by atomic mass is 32.2. The minimum Gasteiger partial charge on any atom is -0.497 e. The predicted molar refractivity (Wildman–Crippen MR) is 193 cm³/mol. The van der Waals surface area contributed by atoms with Crippen molar-refractivity contribution in [1.82, 2.24) is 24.9 Å². The van der Waals surface area contributed by atoms with Crippen molar-refractivity contribution >= 4 is 44.7 Å². The normalized spacial score (nSPS) is 28.9. The molecule has 2 N–H and O–H groups in total. The number of benzene rings is 1. The van der Waals surface area contributed by atoms with Crippen molar-refractivity contribution in [3.05, 3.63) is 36.0 Å². The third-order valence-corrected chi connectivity index (χ3v) is 13.1. The van der Waals surface area contributed by atoms with Crippen molar-refractivity contribution in [3.63, 3.8) is 0 Å². The SMILES string of the molecule is COc1ccc2nc(C)c(O[C@@H]3C[C@H]4C(=O)N[C@]5(C(=O)NS(=O)(=O)C6CC6)C[C@H]5/C=C\CCCCC[C@H](CC(=O)OC5CCCC5)C(=O)N4C3)nc2c1. The number of allylic oxidation sites excluding steroid dienone is 1. The van der Waals surface area contributed by atoms with Gasteiger partial charge in [0.2, 0.25) is 27.7 Å². The fourth-order valence-corrected chi connectivity index (χ4v) is 9.29. The van der Waals surface area contributed by atoms with Crippen LogP contribution in [0.1, 0.15) is 95.6 Å². The standard InChI is InChI=1S/C38H49N5O9S/c1-23-35(40-31-19-27(50-2)14-17-30(31)39-23)52-28-20-32-34(45)41-38(37(47)42-53(48,49)29-15-16-29)21-25(38)11-7-5-3-4-6-10-24(36(46)43(32)22-28)18-33(44)51-26-12-8-9-13-26/h7,11,14,17,19,24-26,28-29,32H,3-6,8-10,12-13,15-16,18,20-22H2,1-2H3,(H,41,45)(H,42,47)/b11-7-/t24-,25-,28-,32+,38-/m1/s1. The fraction of sp³-hybridized carbons (Fsp3) is 0.632. The van der Waals surface area contributed by atoms with Gasteiger partial charge in [0.05, 0.1) is 36.4 Å². The van der Waals surface area contributed by atoms with E-state index in [1.807, 2.05) is 12.2 Å². The number of carbonyl (C=O) groups is 4. The molecular formula is C38H49N5O9S. The number of rotatable bonds is 9. The Balaban J connectivity index is 1.17. The molecule has 1 saturated heterocycles. The van der Waals surface area contributed by atoms with Gasteiger partial charge in [0.15, 0.2) is 0 Å². The zero-order chi connectivity index (χ0) is 37.3. The number of aromatic nitrogens is 2. The summed E-state index contributed by atoms with van der Waals surface area (Å²) in [5.74, 6) is -2.42. The van der Waals surface area contributed by atoms with Crippen LogP contribution in [-0.2, 0) is 33.9 Å². The molecule has 15 heteroatoms. The number of esters is 1. The maximum absolute atomic E-state index is 14.5. The van der Waals surface area contributed by atoms with Gasteiger partial charge in [0, 0.05) is 24.3 Å². The van der Waals surface area contributed by atoms with E-state index in [0.29, 0.717) is 48.2 Å². The summed E-state index contributed by atoms with van der Waals surface area (Å²) >= 11 is 0. The molecule has 0 radical (unpaired) electrons. The zero-order valence-electron chi connectivity index (χ0n) is 30.4. The Bertz CT molecular complexity index is 1890. The Morgan fingerprint density at radius 2 is 1.77 bits per heavy atom. The largest absolute Gasteiger partial charge is 0.497 e. The molecule has 0 bridgehead atoms. The first-order valence-electron chi connectivity index (χ1n) is 19.0. The van der Waals surface area contributed by atoms with E-state index in [2.05, 4.69) is 20.0 Å². The summed E-state index contributed by atoms with van der Waals surface area (Å²) in [5.41, 5.74) is 0.245. The number of amides is 3. The Morgan fingerprint density at radius 1 is 1.00 bits per heavy atom.